The summed E-state index contributed by atoms with van der Waals surface area (Å²) in [6, 6.07) is 0. The lowest BCUT2D eigenvalue weighted by Crippen LogP contribution is -2.31. The minimum absolute atomic E-state index is 0.302. The molecule has 0 aromatic carbocycles. The number of likely N-dealkylation sites (tertiary alicyclic amines) is 1. The van der Waals surface area contributed by atoms with Gasteiger partial charge in [-0.25, -0.2) is 4.98 Å². The molecule has 0 saturated carbocycles. The van der Waals surface area contributed by atoms with Crippen LogP contribution in [0, 0.1) is 0 Å². The zero-order chi connectivity index (χ0) is 11.8. The molecule has 1 atom stereocenters. The highest BCUT2D eigenvalue weighted by atomic mass is 32.1. The number of likely N-dealkylation sites (N-methyl/N-ethyl adjacent to an activating group) is 1. The third-order valence-electron chi connectivity index (χ3n) is 3.12. The Balaban J connectivity index is 2.12. The summed E-state index contributed by atoms with van der Waals surface area (Å²) in [6.07, 6.45) is 2.54. The number of aromatic nitrogens is 1. The molecule has 0 bridgehead atoms. The molecule has 1 fully saturated rings. The van der Waals surface area contributed by atoms with Crippen LogP contribution >= 0.6 is 11.3 Å². The molecular weight excluding hydrogens is 218 g/mol. The summed E-state index contributed by atoms with van der Waals surface area (Å²) in [5.41, 5.74) is 7.00. The molecule has 0 amide bonds. The molecule has 2 rings (SSSR count). The Hall–Kier alpha value is -0.450. The molecule has 16 heavy (non-hydrogen) atoms. The molecule has 1 aromatic rings. The van der Waals surface area contributed by atoms with Crippen molar-refractivity contribution >= 4 is 11.3 Å². The molecule has 2 N–H and O–H groups in total. The fourth-order valence-electron chi connectivity index (χ4n) is 2.18. The van der Waals surface area contributed by atoms with E-state index in [2.05, 4.69) is 17.3 Å². The lowest BCUT2D eigenvalue weighted by molar-refractivity contribution is 0.248. The van der Waals surface area contributed by atoms with Gasteiger partial charge in [-0.1, -0.05) is 0 Å². The standard InChI is InChI=1S/C12H21N3S/c1-12(2,13)11-14-10(8-16-11)9-5-4-6-15(3)7-9/h8-9H,4-7,13H2,1-3H3. The number of rotatable bonds is 2. The van der Waals surface area contributed by atoms with Crippen LogP contribution in [0.25, 0.3) is 0 Å². The zero-order valence-corrected chi connectivity index (χ0v) is 11.2. The van der Waals surface area contributed by atoms with E-state index in [9.17, 15) is 0 Å². The lowest BCUT2D eigenvalue weighted by Gasteiger charge is -2.28. The first-order chi connectivity index (χ1) is 7.47. The Bertz CT molecular complexity index is 353. The van der Waals surface area contributed by atoms with Gasteiger partial charge in [0.05, 0.1) is 11.2 Å². The Morgan fingerprint density at radius 2 is 2.31 bits per heavy atom. The minimum atomic E-state index is -0.302. The summed E-state index contributed by atoms with van der Waals surface area (Å²) in [5.74, 6) is 0.603. The van der Waals surface area contributed by atoms with Crippen molar-refractivity contribution in [1.29, 1.82) is 0 Å². The van der Waals surface area contributed by atoms with Gasteiger partial charge in [0.15, 0.2) is 0 Å². The van der Waals surface area contributed by atoms with E-state index in [1.165, 1.54) is 25.1 Å². The van der Waals surface area contributed by atoms with E-state index in [1.54, 1.807) is 11.3 Å². The third kappa shape index (κ3) is 2.62. The zero-order valence-electron chi connectivity index (χ0n) is 10.4. The van der Waals surface area contributed by atoms with Crippen molar-refractivity contribution in [3.05, 3.63) is 16.1 Å². The molecule has 90 valence electrons. The highest BCUT2D eigenvalue weighted by Crippen LogP contribution is 2.29. The Labute approximate surface area is 102 Å². The van der Waals surface area contributed by atoms with Crippen molar-refractivity contribution in [1.82, 2.24) is 9.88 Å². The van der Waals surface area contributed by atoms with Gasteiger partial charge in [-0.3, -0.25) is 0 Å². The van der Waals surface area contributed by atoms with Crippen LogP contribution in [0.4, 0.5) is 0 Å². The van der Waals surface area contributed by atoms with Crippen LogP contribution in [-0.4, -0.2) is 30.0 Å². The van der Waals surface area contributed by atoms with E-state index in [1.807, 2.05) is 13.8 Å². The van der Waals surface area contributed by atoms with E-state index in [0.717, 1.165) is 11.6 Å². The summed E-state index contributed by atoms with van der Waals surface area (Å²) < 4.78 is 0. The number of hydrogen-bond acceptors (Lipinski definition) is 4. The monoisotopic (exact) mass is 239 g/mol. The quantitative estimate of drug-likeness (QED) is 0.860. The topological polar surface area (TPSA) is 42.1 Å². The molecule has 0 aliphatic carbocycles. The van der Waals surface area contributed by atoms with Gasteiger partial charge in [-0.2, -0.15) is 0 Å². The van der Waals surface area contributed by atoms with Crippen LogP contribution in [0.5, 0.6) is 0 Å². The van der Waals surface area contributed by atoms with Crippen LogP contribution in [0.1, 0.15) is 43.3 Å². The predicted octanol–water partition coefficient (Wildman–Crippen LogP) is 2.15. The number of nitrogens with two attached hydrogens (primary N) is 1. The molecule has 0 spiro atoms. The molecule has 1 unspecified atom stereocenters. The van der Waals surface area contributed by atoms with E-state index < -0.39 is 0 Å². The molecule has 1 aliphatic heterocycles. The van der Waals surface area contributed by atoms with Gasteiger partial charge >= 0.3 is 0 Å². The van der Waals surface area contributed by atoms with Gasteiger partial charge in [0, 0.05) is 17.8 Å². The highest BCUT2D eigenvalue weighted by molar-refractivity contribution is 7.09. The fourth-order valence-corrected chi connectivity index (χ4v) is 3.12. The van der Waals surface area contributed by atoms with Crippen molar-refractivity contribution in [2.75, 3.05) is 20.1 Å². The highest BCUT2D eigenvalue weighted by Gasteiger charge is 2.24. The summed E-state index contributed by atoms with van der Waals surface area (Å²) in [5, 5.41) is 3.24. The third-order valence-corrected chi connectivity index (χ3v) is 4.32. The van der Waals surface area contributed by atoms with Gasteiger partial charge < -0.3 is 10.6 Å². The average molecular weight is 239 g/mol. The second-order valence-electron chi connectivity index (χ2n) is 5.40. The number of nitrogens with zero attached hydrogens (tertiary/aromatic N) is 2. The van der Waals surface area contributed by atoms with Crippen LogP contribution in [0.15, 0.2) is 5.38 Å². The molecule has 1 aliphatic rings. The first-order valence-electron chi connectivity index (χ1n) is 5.90. The molecule has 1 saturated heterocycles. The van der Waals surface area contributed by atoms with Crippen molar-refractivity contribution < 1.29 is 0 Å². The predicted molar refractivity (Wildman–Crippen MR) is 68.8 cm³/mol. The van der Waals surface area contributed by atoms with E-state index in [-0.39, 0.29) is 5.54 Å². The lowest BCUT2D eigenvalue weighted by atomic mass is 9.96. The van der Waals surface area contributed by atoms with Gasteiger partial charge in [-0.05, 0) is 40.3 Å². The van der Waals surface area contributed by atoms with Gasteiger partial charge in [0.1, 0.15) is 5.01 Å². The Kier molecular flexibility index (Phi) is 3.33. The van der Waals surface area contributed by atoms with Crippen LogP contribution < -0.4 is 5.73 Å². The Morgan fingerprint density at radius 3 is 2.88 bits per heavy atom. The van der Waals surface area contributed by atoms with Crippen molar-refractivity contribution in [3.63, 3.8) is 0 Å². The normalized spacial score (nSPS) is 23.6. The van der Waals surface area contributed by atoms with Crippen LogP contribution in [-0.2, 0) is 5.54 Å². The first kappa shape index (κ1) is 12.0. The van der Waals surface area contributed by atoms with E-state index in [4.69, 9.17) is 10.7 Å². The molecule has 1 aromatic heterocycles. The Morgan fingerprint density at radius 1 is 1.56 bits per heavy atom. The maximum absolute atomic E-state index is 6.06. The average Bonchev–Trinajstić information content (AvgIpc) is 2.65. The maximum atomic E-state index is 6.06. The summed E-state index contributed by atoms with van der Waals surface area (Å²) in [4.78, 5) is 7.10. The van der Waals surface area contributed by atoms with Crippen molar-refractivity contribution in [2.45, 2.75) is 38.1 Å². The summed E-state index contributed by atoms with van der Waals surface area (Å²) in [7, 11) is 2.19. The summed E-state index contributed by atoms with van der Waals surface area (Å²) in [6.45, 7) is 6.38. The molecule has 3 nitrogen and oxygen atoms in total. The van der Waals surface area contributed by atoms with E-state index >= 15 is 0 Å². The molecule has 4 heteroatoms. The second kappa shape index (κ2) is 4.43. The largest absolute Gasteiger partial charge is 0.320 e. The minimum Gasteiger partial charge on any atom is -0.320 e. The fraction of sp³-hybridized carbons (Fsp3) is 0.750. The van der Waals surface area contributed by atoms with Crippen molar-refractivity contribution in [3.8, 4) is 0 Å². The molecular formula is C12H21N3S. The molecule has 0 radical (unpaired) electrons. The second-order valence-corrected chi connectivity index (χ2v) is 6.26. The smallest absolute Gasteiger partial charge is 0.112 e. The van der Waals surface area contributed by atoms with Gasteiger partial charge in [0.2, 0.25) is 0 Å². The number of hydrogen-bond donors (Lipinski definition) is 1. The maximum Gasteiger partial charge on any atom is 0.112 e. The van der Waals surface area contributed by atoms with Crippen LogP contribution in [0.2, 0.25) is 0 Å². The summed E-state index contributed by atoms with van der Waals surface area (Å²) >= 11 is 1.70. The number of thiazole rings is 1. The van der Waals surface area contributed by atoms with Crippen LogP contribution in [0.3, 0.4) is 0 Å². The van der Waals surface area contributed by atoms with Gasteiger partial charge in [0.25, 0.3) is 0 Å². The first-order valence-corrected chi connectivity index (χ1v) is 6.78. The SMILES string of the molecule is CN1CCCC(c2csc(C(C)(C)N)n2)C1. The van der Waals surface area contributed by atoms with Gasteiger partial charge in [-0.15, -0.1) is 11.3 Å². The molecule has 2 heterocycles. The number of piperidine rings is 1. The van der Waals surface area contributed by atoms with Crippen molar-refractivity contribution in [2.24, 2.45) is 5.73 Å². The van der Waals surface area contributed by atoms with E-state index in [0.29, 0.717) is 5.92 Å².